The van der Waals surface area contributed by atoms with Crippen molar-refractivity contribution < 1.29 is 19.5 Å². The summed E-state index contributed by atoms with van der Waals surface area (Å²) in [6.45, 7) is -0.0998. The van der Waals surface area contributed by atoms with Crippen molar-refractivity contribution in [3.8, 4) is 0 Å². The van der Waals surface area contributed by atoms with Gasteiger partial charge in [0.15, 0.2) is 0 Å². The van der Waals surface area contributed by atoms with E-state index < -0.39 is 17.9 Å². The van der Waals surface area contributed by atoms with Gasteiger partial charge in [0.25, 0.3) is 0 Å². The zero-order chi connectivity index (χ0) is 15.4. The molecule has 3 amide bonds. The highest BCUT2D eigenvalue weighted by Crippen LogP contribution is 2.23. The molecule has 9 nitrogen and oxygen atoms in total. The third-order valence-electron chi connectivity index (χ3n) is 2.33. The number of nitrogens with two attached hydrogens (primary N) is 1. The van der Waals surface area contributed by atoms with Crippen LogP contribution in [0.2, 0.25) is 0 Å². The molecule has 0 spiro atoms. The van der Waals surface area contributed by atoms with Crippen molar-refractivity contribution in [2.24, 2.45) is 5.73 Å². The lowest BCUT2D eigenvalue weighted by Crippen LogP contribution is -2.20. The molecule has 0 aliphatic carbocycles. The summed E-state index contributed by atoms with van der Waals surface area (Å²) in [6.07, 6.45) is 2.77. The molecule has 0 aliphatic rings. The average molecular weight is 309 g/mol. The maximum absolute atomic E-state index is 11.7. The number of anilines is 2. The normalized spacial score (nSPS) is 10.1. The Morgan fingerprint density at radius 1 is 1.38 bits per heavy atom. The van der Waals surface area contributed by atoms with E-state index in [9.17, 15) is 14.4 Å². The van der Waals surface area contributed by atoms with E-state index in [1.165, 1.54) is 23.1 Å². The topological polar surface area (TPSA) is 139 Å². The second-order valence-electron chi connectivity index (χ2n) is 3.94. The van der Waals surface area contributed by atoms with Crippen LogP contribution < -0.4 is 16.4 Å². The fourth-order valence-electron chi connectivity index (χ4n) is 1.51. The van der Waals surface area contributed by atoms with Crippen LogP contribution in [-0.2, 0) is 11.3 Å². The fraction of sp³-hybridized carbons (Fsp3) is 0.0909. The molecule has 0 saturated carbocycles. The van der Waals surface area contributed by atoms with Gasteiger partial charge in [-0.05, 0) is 11.4 Å². The van der Waals surface area contributed by atoms with Gasteiger partial charge in [-0.3, -0.25) is 14.8 Å². The van der Waals surface area contributed by atoms with Gasteiger partial charge in [-0.1, -0.05) is 0 Å². The maximum Gasteiger partial charge on any atom is 0.338 e. The van der Waals surface area contributed by atoms with Crippen molar-refractivity contribution in [2.45, 2.75) is 6.54 Å². The van der Waals surface area contributed by atoms with E-state index in [0.29, 0.717) is 5.69 Å². The molecule has 0 aliphatic heterocycles. The lowest BCUT2D eigenvalue weighted by molar-refractivity contribution is -0.118. The standard InChI is InChI=1S/C11H11N5O4S/c12-8(17)5-16-4-6(3-13-16)14-11(20)15-9-7(10(18)19)1-2-21-9/h1-4H,5H2,(H2,12,17)(H,18,19)(H2,14,15,20). The van der Waals surface area contributed by atoms with Gasteiger partial charge >= 0.3 is 12.0 Å². The molecule has 2 heterocycles. The number of primary amides is 1. The summed E-state index contributed by atoms with van der Waals surface area (Å²) in [5.74, 6) is -1.68. The summed E-state index contributed by atoms with van der Waals surface area (Å²) in [6, 6.07) is 0.784. The predicted molar refractivity (Wildman–Crippen MR) is 75.3 cm³/mol. The van der Waals surface area contributed by atoms with Crippen molar-refractivity contribution in [1.29, 1.82) is 0 Å². The Morgan fingerprint density at radius 3 is 2.81 bits per heavy atom. The van der Waals surface area contributed by atoms with Crippen LogP contribution in [0.1, 0.15) is 10.4 Å². The first kappa shape index (κ1) is 14.5. The number of carbonyl (C=O) groups is 3. The predicted octanol–water partition coefficient (Wildman–Crippen LogP) is 0.772. The molecular formula is C11H11N5O4S. The van der Waals surface area contributed by atoms with Crippen molar-refractivity contribution in [3.05, 3.63) is 29.4 Å². The van der Waals surface area contributed by atoms with Crippen LogP contribution in [0.5, 0.6) is 0 Å². The highest BCUT2D eigenvalue weighted by molar-refractivity contribution is 7.14. The van der Waals surface area contributed by atoms with Crippen LogP contribution in [0.4, 0.5) is 15.5 Å². The Bertz CT molecular complexity index is 692. The molecule has 21 heavy (non-hydrogen) atoms. The van der Waals surface area contributed by atoms with E-state index in [1.54, 1.807) is 5.38 Å². The van der Waals surface area contributed by atoms with Gasteiger partial charge in [-0.15, -0.1) is 11.3 Å². The van der Waals surface area contributed by atoms with Gasteiger partial charge < -0.3 is 16.2 Å². The minimum absolute atomic E-state index is 0.0135. The van der Waals surface area contributed by atoms with Crippen LogP contribution in [0.15, 0.2) is 23.8 Å². The van der Waals surface area contributed by atoms with Gasteiger partial charge in [0.2, 0.25) is 5.91 Å². The van der Waals surface area contributed by atoms with Gasteiger partial charge in [0, 0.05) is 6.20 Å². The van der Waals surface area contributed by atoms with E-state index >= 15 is 0 Å². The smallest absolute Gasteiger partial charge is 0.338 e. The number of hydrogen-bond acceptors (Lipinski definition) is 5. The molecule has 110 valence electrons. The van der Waals surface area contributed by atoms with Gasteiger partial charge in [-0.2, -0.15) is 5.10 Å². The monoisotopic (exact) mass is 309 g/mol. The van der Waals surface area contributed by atoms with E-state index in [1.807, 2.05) is 0 Å². The van der Waals surface area contributed by atoms with Crippen LogP contribution in [0.3, 0.4) is 0 Å². The summed E-state index contributed by atoms with van der Waals surface area (Å²) in [5, 5.41) is 19.4. The van der Waals surface area contributed by atoms with E-state index in [4.69, 9.17) is 10.8 Å². The van der Waals surface area contributed by atoms with Crippen molar-refractivity contribution in [3.63, 3.8) is 0 Å². The molecule has 2 aromatic heterocycles. The largest absolute Gasteiger partial charge is 0.478 e. The van der Waals surface area contributed by atoms with Gasteiger partial charge in [-0.25, -0.2) is 9.59 Å². The molecule has 2 aromatic rings. The summed E-state index contributed by atoms with van der Waals surface area (Å²) in [4.78, 5) is 33.4. The van der Waals surface area contributed by atoms with Crippen LogP contribution >= 0.6 is 11.3 Å². The van der Waals surface area contributed by atoms with Crippen molar-refractivity contribution >= 4 is 39.9 Å². The summed E-state index contributed by atoms with van der Waals surface area (Å²) in [5.41, 5.74) is 5.38. The number of rotatable bonds is 5. The lowest BCUT2D eigenvalue weighted by atomic mass is 10.3. The van der Waals surface area contributed by atoms with Gasteiger partial charge in [0.05, 0.1) is 17.4 Å². The molecule has 0 radical (unpaired) electrons. The molecule has 0 fully saturated rings. The van der Waals surface area contributed by atoms with Crippen LogP contribution in [0, 0.1) is 0 Å². The number of thiophene rings is 1. The number of hydrogen-bond donors (Lipinski definition) is 4. The molecule has 10 heteroatoms. The Kier molecular flexibility index (Phi) is 4.18. The third kappa shape index (κ3) is 3.79. The summed E-state index contributed by atoms with van der Waals surface area (Å²) in [7, 11) is 0. The number of carboxylic acids is 1. The Morgan fingerprint density at radius 2 is 2.14 bits per heavy atom. The third-order valence-corrected chi connectivity index (χ3v) is 3.16. The Labute approximate surface area is 122 Å². The van der Waals surface area contributed by atoms with E-state index in [2.05, 4.69) is 15.7 Å². The molecule has 2 rings (SSSR count). The highest BCUT2D eigenvalue weighted by atomic mass is 32.1. The Hall–Kier alpha value is -2.88. The fourth-order valence-corrected chi connectivity index (χ4v) is 2.29. The van der Waals surface area contributed by atoms with Crippen LogP contribution in [0.25, 0.3) is 0 Å². The zero-order valence-corrected chi connectivity index (χ0v) is 11.4. The average Bonchev–Trinajstić information content (AvgIpc) is 2.98. The Balaban J connectivity index is 1.98. The first-order chi connectivity index (χ1) is 9.95. The first-order valence-corrected chi connectivity index (χ1v) is 6.53. The second-order valence-corrected chi connectivity index (χ2v) is 4.86. The summed E-state index contributed by atoms with van der Waals surface area (Å²) >= 11 is 1.10. The minimum atomic E-state index is -1.12. The second kappa shape index (κ2) is 6.05. The number of carboxylic acid groups (broad SMARTS) is 1. The highest BCUT2D eigenvalue weighted by Gasteiger charge is 2.14. The zero-order valence-electron chi connectivity index (χ0n) is 10.6. The van der Waals surface area contributed by atoms with Crippen LogP contribution in [-0.4, -0.2) is 32.8 Å². The minimum Gasteiger partial charge on any atom is -0.478 e. The first-order valence-electron chi connectivity index (χ1n) is 5.65. The SMILES string of the molecule is NC(=O)Cn1cc(NC(=O)Nc2sccc2C(=O)O)cn1. The number of aromatic carboxylic acids is 1. The molecule has 5 N–H and O–H groups in total. The molecule has 0 bridgehead atoms. The van der Waals surface area contributed by atoms with Gasteiger partial charge in [0.1, 0.15) is 11.5 Å². The molecular weight excluding hydrogens is 298 g/mol. The number of amides is 3. The number of aromatic nitrogens is 2. The number of carbonyl (C=O) groups excluding carboxylic acids is 2. The molecule has 0 atom stereocenters. The quantitative estimate of drug-likeness (QED) is 0.646. The number of nitrogens with zero attached hydrogens (tertiary/aromatic N) is 2. The van der Waals surface area contributed by atoms with Crippen molar-refractivity contribution in [1.82, 2.24) is 9.78 Å². The maximum atomic E-state index is 11.7. The molecule has 0 saturated heterocycles. The number of nitrogens with one attached hydrogen (secondary N) is 2. The lowest BCUT2D eigenvalue weighted by Gasteiger charge is -2.04. The number of urea groups is 1. The van der Waals surface area contributed by atoms with E-state index in [-0.39, 0.29) is 17.1 Å². The van der Waals surface area contributed by atoms with E-state index in [0.717, 1.165) is 11.3 Å². The summed E-state index contributed by atoms with van der Waals surface area (Å²) < 4.78 is 1.27. The van der Waals surface area contributed by atoms with Crippen molar-refractivity contribution in [2.75, 3.05) is 10.6 Å². The molecule has 0 unspecified atom stereocenters. The molecule has 0 aromatic carbocycles.